The molecule has 0 aliphatic carbocycles. The number of carbonyl (C=O) groups excluding carboxylic acids is 1. The van der Waals surface area contributed by atoms with Crippen molar-refractivity contribution in [1.29, 1.82) is 0 Å². The van der Waals surface area contributed by atoms with E-state index in [0.29, 0.717) is 5.92 Å². The van der Waals surface area contributed by atoms with Crippen molar-refractivity contribution in [2.24, 2.45) is 5.92 Å². The molecular weight excluding hydrogens is 234 g/mol. The number of aryl methyl sites for hydroxylation is 2. The van der Waals surface area contributed by atoms with Crippen molar-refractivity contribution < 1.29 is 4.79 Å². The Balaban J connectivity index is 2.52. The normalized spacial score (nSPS) is 12.2. The van der Waals surface area contributed by atoms with Crippen molar-refractivity contribution in [1.82, 2.24) is 5.32 Å². The van der Waals surface area contributed by atoms with Crippen LogP contribution in [0.15, 0.2) is 18.2 Å². The number of carbonyl (C=O) groups is 1. The Labute approximate surface area is 117 Å². The molecule has 1 N–H and O–H groups in total. The molecule has 0 heterocycles. The molecule has 1 amide bonds. The second-order valence-electron chi connectivity index (χ2n) is 5.43. The summed E-state index contributed by atoms with van der Waals surface area (Å²) in [6.45, 7) is 9.31. The highest BCUT2D eigenvalue weighted by molar-refractivity contribution is 5.94. The van der Waals surface area contributed by atoms with E-state index in [2.05, 4.69) is 26.1 Å². The van der Waals surface area contributed by atoms with Gasteiger partial charge in [0.15, 0.2) is 0 Å². The highest BCUT2D eigenvalue weighted by Gasteiger charge is 2.10. The monoisotopic (exact) mass is 261 g/mol. The van der Waals surface area contributed by atoms with E-state index in [4.69, 9.17) is 0 Å². The minimum Gasteiger partial charge on any atom is -0.352 e. The fourth-order valence-electron chi connectivity index (χ4n) is 2.17. The van der Waals surface area contributed by atoms with E-state index in [0.717, 1.165) is 18.5 Å². The van der Waals surface area contributed by atoms with E-state index in [1.807, 2.05) is 25.1 Å². The summed E-state index contributed by atoms with van der Waals surface area (Å²) in [4.78, 5) is 12.1. The van der Waals surface area contributed by atoms with Crippen LogP contribution < -0.4 is 5.32 Å². The summed E-state index contributed by atoms with van der Waals surface area (Å²) >= 11 is 0. The maximum Gasteiger partial charge on any atom is 0.251 e. The lowest BCUT2D eigenvalue weighted by atomic mass is 9.99. The quantitative estimate of drug-likeness (QED) is 0.781. The van der Waals surface area contributed by atoms with Gasteiger partial charge in [-0.2, -0.15) is 0 Å². The first-order valence-electron chi connectivity index (χ1n) is 7.43. The van der Waals surface area contributed by atoms with Crippen molar-refractivity contribution >= 4 is 5.91 Å². The van der Waals surface area contributed by atoms with Crippen LogP contribution in [0.25, 0.3) is 0 Å². The number of hydrogen-bond acceptors (Lipinski definition) is 1. The number of benzene rings is 1. The van der Waals surface area contributed by atoms with Crippen molar-refractivity contribution in [3.63, 3.8) is 0 Å². The Hall–Kier alpha value is -1.31. The molecule has 1 rings (SSSR count). The van der Waals surface area contributed by atoms with Gasteiger partial charge in [0, 0.05) is 12.1 Å². The number of unbranched alkanes of at least 4 members (excludes halogenated alkanes) is 1. The Morgan fingerprint density at radius 2 is 1.95 bits per heavy atom. The summed E-state index contributed by atoms with van der Waals surface area (Å²) in [5.74, 6) is 0.661. The number of hydrogen-bond donors (Lipinski definition) is 1. The van der Waals surface area contributed by atoms with Crippen molar-refractivity contribution in [2.75, 3.05) is 6.54 Å². The van der Waals surface area contributed by atoms with Gasteiger partial charge in [-0.05, 0) is 49.4 Å². The van der Waals surface area contributed by atoms with Gasteiger partial charge in [0.25, 0.3) is 5.91 Å². The summed E-state index contributed by atoms with van der Waals surface area (Å²) in [6, 6.07) is 5.89. The maximum atomic E-state index is 12.1. The first-order chi connectivity index (χ1) is 9.08. The van der Waals surface area contributed by atoms with Crippen LogP contribution in [0.3, 0.4) is 0 Å². The molecule has 2 nitrogen and oxygen atoms in total. The third kappa shape index (κ3) is 5.06. The van der Waals surface area contributed by atoms with Crippen LogP contribution in [0, 0.1) is 19.8 Å². The summed E-state index contributed by atoms with van der Waals surface area (Å²) in [7, 11) is 0. The Morgan fingerprint density at radius 3 is 2.53 bits per heavy atom. The van der Waals surface area contributed by atoms with Gasteiger partial charge in [-0.25, -0.2) is 0 Å². The van der Waals surface area contributed by atoms with E-state index in [9.17, 15) is 4.79 Å². The predicted molar refractivity (Wildman–Crippen MR) is 81.6 cm³/mol. The number of rotatable bonds is 7. The molecule has 0 saturated carbocycles. The second-order valence-corrected chi connectivity index (χ2v) is 5.43. The van der Waals surface area contributed by atoms with E-state index >= 15 is 0 Å². The van der Waals surface area contributed by atoms with Crippen molar-refractivity contribution in [2.45, 2.75) is 53.4 Å². The summed E-state index contributed by atoms with van der Waals surface area (Å²) in [6.07, 6.45) is 4.81. The van der Waals surface area contributed by atoms with E-state index in [-0.39, 0.29) is 5.91 Å². The van der Waals surface area contributed by atoms with Crippen molar-refractivity contribution in [3.05, 3.63) is 34.9 Å². The molecule has 0 unspecified atom stereocenters. The third-order valence-corrected chi connectivity index (χ3v) is 3.86. The number of amides is 1. The van der Waals surface area contributed by atoms with Crippen LogP contribution in [-0.4, -0.2) is 12.5 Å². The van der Waals surface area contributed by atoms with Crippen LogP contribution in [-0.2, 0) is 0 Å². The van der Waals surface area contributed by atoms with Gasteiger partial charge >= 0.3 is 0 Å². The summed E-state index contributed by atoms with van der Waals surface area (Å²) < 4.78 is 0. The average molecular weight is 261 g/mol. The zero-order chi connectivity index (χ0) is 14.3. The smallest absolute Gasteiger partial charge is 0.251 e. The molecule has 19 heavy (non-hydrogen) atoms. The van der Waals surface area contributed by atoms with Crippen LogP contribution in [0.4, 0.5) is 0 Å². The standard InChI is InChI=1S/C17H27NO/c1-5-7-8-15(6-2)12-18-17(19)16-10-9-13(3)14(4)11-16/h9-11,15H,5-8,12H2,1-4H3,(H,18,19)/t15-/m0/s1. The molecule has 106 valence electrons. The lowest BCUT2D eigenvalue weighted by Crippen LogP contribution is -2.29. The van der Waals surface area contributed by atoms with Crippen LogP contribution >= 0.6 is 0 Å². The molecule has 2 heteroatoms. The Kier molecular flexibility index (Phi) is 6.61. The first-order valence-corrected chi connectivity index (χ1v) is 7.43. The average Bonchev–Trinajstić information content (AvgIpc) is 2.41. The molecule has 1 aromatic carbocycles. The third-order valence-electron chi connectivity index (χ3n) is 3.86. The van der Waals surface area contributed by atoms with Gasteiger partial charge < -0.3 is 5.32 Å². The van der Waals surface area contributed by atoms with Crippen LogP contribution in [0.5, 0.6) is 0 Å². The summed E-state index contributed by atoms with van der Waals surface area (Å²) in [5, 5.41) is 3.07. The van der Waals surface area contributed by atoms with E-state index in [1.165, 1.54) is 30.4 Å². The molecule has 0 aliphatic rings. The Morgan fingerprint density at radius 1 is 1.21 bits per heavy atom. The zero-order valence-electron chi connectivity index (χ0n) is 12.8. The minimum atomic E-state index is 0.0537. The largest absolute Gasteiger partial charge is 0.352 e. The highest BCUT2D eigenvalue weighted by Crippen LogP contribution is 2.13. The molecule has 1 aromatic rings. The fraction of sp³-hybridized carbons (Fsp3) is 0.588. The zero-order valence-corrected chi connectivity index (χ0v) is 12.8. The molecule has 0 fully saturated rings. The van der Waals surface area contributed by atoms with E-state index in [1.54, 1.807) is 0 Å². The van der Waals surface area contributed by atoms with Gasteiger partial charge in [-0.1, -0.05) is 39.2 Å². The topological polar surface area (TPSA) is 29.1 Å². The van der Waals surface area contributed by atoms with Gasteiger partial charge in [-0.15, -0.1) is 0 Å². The number of nitrogens with one attached hydrogen (secondary N) is 1. The summed E-state index contributed by atoms with van der Waals surface area (Å²) in [5.41, 5.74) is 3.17. The molecule has 1 atom stereocenters. The maximum absolute atomic E-state index is 12.1. The van der Waals surface area contributed by atoms with Gasteiger partial charge in [0.05, 0.1) is 0 Å². The molecular formula is C17H27NO. The molecule has 0 aliphatic heterocycles. The molecule has 0 radical (unpaired) electrons. The minimum absolute atomic E-state index is 0.0537. The highest BCUT2D eigenvalue weighted by atomic mass is 16.1. The van der Waals surface area contributed by atoms with Crippen LogP contribution in [0.2, 0.25) is 0 Å². The Bertz CT molecular complexity index is 412. The van der Waals surface area contributed by atoms with E-state index < -0.39 is 0 Å². The lowest BCUT2D eigenvalue weighted by molar-refractivity contribution is 0.0945. The lowest BCUT2D eigenvalue weighted by Gasteiger charge is -2.15. The van der Waals surface area contributed by atoms with Crippen LogP contribution in [0.1, 0.15) is 61.0 Å². The SMILES string of the molecule is CCCC[C@H](CC)CNC(=O)c1ccc(C)c(C)c1. The molecule has 0 bridgehead atoms. The second kappa shape index (κ2) is 7.98. The first kappa shape index (κ1) is 15.7. The van der Waals surface area contributed by atoms with Gasteiger partial charge in [0.2, 0.25) is 0 Å². The van der Waals surface area contributed by atoms with Gasteiger partial charge in [0.1, 0.15) is 0 Å². The molecule has 0 spiro atoms. The van der Waals surface area contributed by atoms with Crippen molar-refractivity contribution in [3.8, 4) is 0 Å². The predicted octanol–water partition coefficient (Wildman–Crippen LogP) is 4.25. The molecule has 0 aromatic heterocycles. The fourth-order valence-corrected chi connectivity index (χ4v) is 2.17. The van der Waals surface area contributed by atoms with Gasteiger partial charge in [-0.3, -0.25) is 4.79 Å². The molecule has 0 saturated heterocycles.